The molecule has 1 amide bonds. The molecule has 1 aliphatic heterocycles. The number of fused-ring (bicyclic) bond motifs is 1. The highest BCUT2D eigenvalue weighted by Crippen LogP contribution is 2.39. The molecule has 0 bridgehead atoms. The summed E-state index contributed by atoms with van der Waals surface area (Å²) in [6.07, 6.45) is 5.36. The van der Waals surface area contributed by atoms with Crippen LogP contribution >= 0.6 is 0 Å². The minimum atomic E-state index is -0.831. The Balaban J connectivity index is 1.52. The summed E-state index contributed by atoms with van der Waals surface area (Å²) in [5.41, 5.74) is 3.18. The Hall–Kier alpha value is -4.72. The highest BCUT2D eigenvalue weighted by atomic mass is 16.5. The summed E-state index contributed by atoms with van der Waals surface area (Å²) in [6.45, 7) is 0.262. The maximum absolute atomic E-state index is 13.4. The van der Waals surface area contributed by atoms with Crippen LogP contribution in [0, 0.1) is 0 Å². The lowest BCUT2D eigenvalue weighted by molar-refractivity contribution is -0.129. The number of pyridine rings is 1. The third kappa shape index (κ3) is 4.02. The van der Waals surface area contributed by atoms with Crippen molar-refractivity contribution in [3.63, 3.8) is 0 Å². The van der Waals surface area contributed by atoms with Crippen molar-refractivity contribution in [3.8, 4) is 0 Å². The number of aliphatic hydroxyl groups is 1. The average Bonchev–Trinajstić information content (AvgIpc) is 3.45. The second-order valence-electron chi connectivity index (χ2n) is 8.46. The van der Waals surface area contributed by atoms with Crippen LogP contribution in [-0.2, 0) is 16.0 Å². The van der Waals surface area contributed by atoms with Gasteiger partial charge in [0.2, 0.25) is 0 Å². The number of rotatable bonds is 7. The summed E-state index contributed by atoms with van der Waals surface area (Å²) in [5, 5.41) is 11.9. The monoisotopic (exact) mass is 481 g/mol. The van der Waals surface area contributed by atoms with Crippen molar-refractivity contribution < 1.29 is 24.2 Å². The molecular formula is C28H23N3O5. The van der Waals surface area contributed by atoms with Gasteiger partial charge in [0.25, 0.3) is 5.91 Å². The molecule has 2 aromatic heterocycles. The molecule has 8 heteroatoms. The van der Waals surface area contributed by atoms with Crippen molar-refractivity contribution >= 4 is 28.6 Å². The molecule has 8 nitrogen and oxygen atoms in total. The van der Waals surface area contributed by atoms with E-state index >= 15 is 0 Å². The van der Waals surface area contributed by atoms with Crippen LogP contribution in [0.25, 0.3) is 10.9 Å². The quantitative estimate of drug-likeness (QED) is 0.303. The van der Waals surface area contributed by atoms with Crippen LogP contribution in [0.3, 0.4) is 0 Å². The van der Waals surface area contributed by atoms with E-state index in [-0.39, 0.29) is 17.7 Å². The number of nitrogens with zero attached hydrogens (tertiary/aromatic N) is 2. The van der Waals surface area contributed by atoms with Crippen LogP contribution in [0.1, 0.15) is 37.9 Å². The predicted octanol–water partition coefficient (Wildman–Crippen LogP) is 4.17. The van der Waals surface area contributed by atoms with Gasteiger partial charge in [-0.15, -0.1) is 0 Å². The van der Waals surface area contributed by atoms with E-state index in [1.807, 2.05) is 30.5 Å². The van der Waals surface area contributed by atoms with E-state index in [1.165, 1.54) is 18.2 Å². The Morgan fingerprint density at radius 1 is 1.06 bits per heavy atom. The number of carbonyl (C=O) groups is 3. The van der Waals surface area contributed by atoms with Crippen molar-refractivity contribution in [2.24, 2.45) is 0 Å². The van der Waals surface area contributed by atoms with Crippen LogP contribution < -0.4 is 0 Å². The number of ether oxygens (including phenoxy) is 1. The molecular weight excluding hydrogens is 458 g/mol. The lowest BCUT2D eigenvalue weighted by Crippen LogP contribution is -2.33. The van der Waals surface area contributed by atoms with E-state index < -0.39 is 29.5 Å². The Kier molecular flexibility index (Phi) is 6.08. The number of esters is 1. The molecule has 0 radical (unpaired) electrons. The van der Waals surface area contributed by atoms with Crippen molar-refractivity contribution in [1.82, 2.24) is 14.9 Å². The Morgan fingerprint density at radius 3 is 2.56 bits per heavy atom. The second kappa shape index (κ2) is 9.50. The number of aromatic amines is 1. The molecule has 0 saturated carbocycles. The largest absolute Gasteiger partial charge is 0.503 e. The number of hydrogen-bond acceptors (Lipinski definition) is 6. The van der Waals surface area contributed by atoms with Gasteiger partial charge in [-0.25, -0.2) is 4.79 Å². The van der Waals surface area contributed by atoms with Gasteiger partial charge in [-0.2, -0.15) is 0 Å². The highest BCUT2D eigenvalue weighted by Gasteiger charge is 2.43. The zero-order chi connectivity index (χ0) is 25.2. The number of methoxy groups -OCH3 is 1. The van der Waals surface area contributed by atoms with Gasteiger partial charge >= 0.3 is 5.97 Å². The molecule has 0 saturated heterocycles. The van der Waals surface area contributed by atoms with Gasteiger partial charge in [0.05, 0.1) is 24.3 Å². The maximum atomic E-state index is 13.4. The zero-order valence-electron chi connectivity index (χ0n) is 19.5. The summed E-state index contributed by atoms with van der Waals surface area (Å²) >= 11 is 0. The fraction of sp³-hybridized carbons (Fsp3) is 0.143. The Labute approximate surface area is 206 Å². The third-order valence-corrected chi connectivity index (χ3v) is 6.42. The van der Waals surface area contributed by atoms with E-state index in [0.29, 0.717) is 17.5 Å². The first-order chi connectivity index (χ1) is 17.5. The fourth-order valence-electron chi connectivity index (χ4n) is 4.61. The van der Waals surface area contributed by atoms with E-state index in [4.69, 9.17) is 4.74 Å². The molecule has 180 valence electrons. The standard InChI is InChI=1S/C28H23N3O5/c1-36-28(35)18-10-8-17(9-11-18)24-23(25(32)20-5-4-13-29-15-20)26(33)27(34)31(24)14-12-19-16-30-22-7-3-2-6-21(19)22/h2-11,13,15-16,24,30,33H,12,14H2,1H3. The summed E-state index contributed by atoms with van der Waals surface area (Å²) in [7, 11) is 1.30. The molecule has 36 heavy (non-hydrogen) atoms. The Morgan fingerprint density at radius 2 is 1.83 bits per heavy atom. The average molecular weight is 482 g/mol. The van der Waals surface area contributed by atoms with Gasteiger partial charge in [0.15, 0.2) is 11.5 Å². The van der Waals surface area contributed by atoms with Crippen molar-refractivity contribution in [2.75, 3.05) is 13.7 Å². The number of carbonyl (C=O) groups excluding carboxylic acids is 3. The molecule has 0 spiro atoms. The molecule has 0 fully saturated rings. The molecule has 1 unspecified atom stereocenters. The van der Waals surface area contributed by atoms with Crippen LogP contribution in [0.4, 0.5) is 0 Å². The molecule has 3 heterocycles. The van der Waals surface area contributed by atoms with Gasteiger partial charge in [-0.3, -0.25) is 14.6 Å². The Bertz CT molecular complexity index is 1490. The molecule has 1 aliphatic rings. The molecule has 1 atom stereocenters. The topological polar surface area (TPSA) is 113 Å². The molecule has 4 aromatic rings. The fourth-order valence-corrected chi connectivity index (χ4v) is 4.61. The van der Waals surface area contributed by atoms with Crippen LogP contribution in [0.5, 0.6) is 0 Å². The van der Waals surface area contributed by atoms with Gasteiger partial charge in [-0.05, 0) is 47.9 Å². The number of aromatic nitrogens is 2. The number of Topliss-reactive ketones (excluding diaryl/α,β-unsaturated/α-hetero) is 1. The SMILES string of the molecule is COC(=O)c1ccc(C2C(C(=O)c3cccnc3)=C(O)C(=O)N2CCc2c[nH]c3ccccc23)cc1. The first-order valence-electron chi connectivity index (χ1n) is 11.4. The van der Waals surface area contributed by atoms with Crippen molar-refractivity contribution in [2.45, 2.75) is 12.5 Å². The van der Waals surface area contributed by atoms with Crippen molar-refractivity contribution in [1.29, 1.82) is 0 Å². The number of nitrogens with one attached hydrogen (secondary N) is 1. The molecule has 2 N–H and O–H groups in total. The maximum Gasteiger partial charge on any atom is 0.337 e. The number of aliphatic hydroxyl groups excluding tert-OH is 1. The van der Waals surface area contributed by atoms with Gasteiger partial charge < -0.3 is 19.7 Å². The number of benzene rings is 2. The van der Waals surface area contributed by atoms with E-state index in [0.717, 1.165) is 16.5 Å². The summed E-state index contributed by atoms with van der Waals surface area (Å²) in [5.74, 6) is -2.18. The summed E-state index contributed by atoms with van der Waals surface area (Å²) in [6, 6.07) is 16.7. The minimum absolute atomic E-state index is 0.0160. The number of hydrogen-bond donors (Lipinski definition) is 2. The first kappa shape index (κ1) is 23.0. The molecule has 0 aliphatic carbocycles. The summed E-state index contributed by atoms with van der Waals surface area (Å²) < 4.78 is 4.77. The number of H-pyrrole nitrogens is 1. The number of amides is 1. The zero-order valence-corrected chi connectivity index (χ0v) is 19.5. The van der Waals surface area contributed by atoms with E-state index in [1.54, 1.807) is 42.6 Å². The number of ketones is 1. The summed E-state index contributed by atoms with van der Waals surface area (Å²) in [4.78, 5) is 47.3. The minimum Gasteiger partial charge on any atom is -0.503 e. The lowest BCUT2D eigenvalue weighted by Gasteiger charge is -2.27. The predicted molar refractivity (Wildman–Crippen MR) is 132 cm³/mol. The smallest absolute Gasteiger partial charge is 0.337 e. The van der Waals surface area contributed by atoms with E-state index in [9.17, 15) is 19.5 Å². The highest BCUT2D eigenvalue weighted by molar-refractivity contribution is 6.16. The van der Waals surface area contributed by atoms with Crippen LogP contribution in [-0.4, -0.2) is 51.3 Å². The van der Waals surface area contributed by atoms with Gasteiger partial charge in [0.1, 0.15) is 0 Å². The van der Waals surface area contributed by atoms with E-state index in [2.05, 4.69) is 9.97 Å². The lowest BCUT2D eigenvalue weighted by atomic mass is 9.92. The normalized spacial score (nSPS) is 15.5. The number of para-hydroxylation sites is 1. The second-order valence-corrected chi connectivity index (χ2v) is 8.46. The first-order valence-corrected chi connectivity index (χ1v) is 11.4. The van der Waals surface area contributed by atoms with Gasteiger partial charge in [0, 0.05) is 41.6 Å². The van der Waals surface area contributed by atoms with Crippen LogP contribution in [0.2, 0.25) is 0 Å². The third-order valence-electron chi connectivity index (χ3n) is 6.42. The van der Waals surface area contributed by atoms with Crippen molar-refractivity contribution in [3.05, 3.63) is 113 Å². The molecule has 5 rings (SSSR count). The van der Waals surface area contributed by atoms with Gasteiger partial charge in [-0.1, -0.05) is 30.3 Å². The molecule has 2 aromatic carbocycles. The van der Waals surface area contributed by atoms with Crippen LogP contribution in [0.15, 0.2) is 90.6 Å².